The predicted octanol–water partition coefficient (Wildman–Crippen LogP) is 2.00. The second-order valence-corrected chi connectivity index (χ2v) is 5.67. The smallest absolute Gasteiger partial charge is 0.259 e. The Morgan fingerprint density at radius 2 is 2.35 bits per heavy atom. The molecule has 0 unspecified atom stereocenters. The van der Waals surface area contributed by atoms with Gasteiger partial charge >= 0.3 is 0 Å². The highest BCUT2D eigenvalue weighted by molar-refractivity contribution is 6.07. The summed E-state index contributed by atoms with van der Waals surface area (Å²) in [4.78, 5) is 18.9. The van der Waals surface area contributed by atoms with Gasteiger partial charge < -0.3 is 18.9 Å². The van der Waals surface area contributed by atoms with Crippen molar-refractivity contribution in [2.24, 2.45) is 0 Å². The Morgan fingerprint density at radius 1 is 1.48 bits per heavy atom. The number of β-amino-alcohol motifs (C(OH)–C–C–N with tert-alkyl or cyclic N) is 1. The van der Waals surface area contributed by atoms with Gasteiger partial charge in [-0.3, -0.25) is 4.79 Å². The van der Waals surface area contributed by atoms with E-state index in [2.05, 4.69) is 10.1 Å². The Balaban J connectivity index is 1.86. The molecule has 7 nitrogen and oxygen atoms in total. The highest BCUT2D eigenvalue weighted by Gasteiger charge is 2.28. The summed E-state index contributed by atoms with van der Waals surface area (Å²) in [5.41, 5.74) is 1.90. The Kier molecular flexibility index (Phi) is 3.16. The summed E-state index contributed by atoms with van der Waals surface area (Å²) in [6.07, 6.45) is 1.67. The molecular weight excluding hydrogens is 298 g/mol. The van der Waals surface area contributed by atoms with Crippen LogP contribution in [0.5, 0.6) is 0 Å². The number of aryl methyl sites for hydroxylation is 1. The van der Waals surface area contributed by atoms with E-state index in [1.165, 1.54) is 0 Å². The van der Waals surface area contributed by atoms with Crippen molar-refractivity contribution >= 4 is 17.0 Å². The molecule has 1 N–H and O–H groups in total. The maximum atomic E-state index is 12.9. The van der Waals surface area contributed by atoms with E-state index in [9.17, 15) is 9.90 Å². The summed E-state index contributed by atoms with van der Waals surface area (Å²) in [6, 6.07) is 5.22. The number of hydrogen-bond donors (Lipinski definition) is 1. The molecule has 0 bridgehead atoms. The van der Waals surface area contributed by atoms with Crippen LogP contribution >= 0.6 is 0 Å². The average Bonchev–Trinajstić information content (AvgIpc) is 3.27. The monoisotopic (exact) mass is 313 g/mol. The lowest BCUT2D eigenvalue weighted by atomic mass is 10.1. The Labute approximate surface area is 131 Å². The third kappa shape index (κ3) is 2.29. The standard InChI is InChI=1S/C16H15N3O4/c1-9-14-11(16(21)19-5-4-10(20)8-19)7-12(13-3-2-6-22-13)17-15(14)23-18-9/h2-3,6-7,10,20H,4-5,8H2,1H3/t10-/m1/s1. The molecule has 7 heteroatoms. The first kappa shape index (κ1) is 14.0. The van der Waals surface area contributed by atoms with Gasteiger partial charge in [0, 0.05) is 13.1 Å². The lowest BCUT2D eigenvalue weighted by Crippen LogP contribution is -2.29. The van der Waals surface area contributed by atoms with Crippen molar-refractivity contribution in [2.45, 2.75) is 19.4 Å². The van der Waals surface area contributed by atoms with Crippen molar-refractivity contribution < 1.29 is 18.8 Å². The fourth-order valence-corrected chi connectivity index (χ4v) is 2.91. The third-order valence-corrected chi connectivity index (χ3v) is 4.07. The number of pyridine rings is 1. The van der Waals surface area contributed by atoms with E-state index in [1.807, 2.05) is 0 Å². The number of furan rings is 1. The van der Waals surface area contributed by atoms with E-state index >= 15 is 0 Å². The van der Waals surface area contributed by atoms with Crippen LogP contribution in [0.25, 0.3) is 22.6 Å². The highest BCUT2D eigenvalue weighted by atomic mass is 16.5. The molecule has 0 aromatic carbocycles. The zero-order valence-corrected chi connectivity index (χ0v) is 12.5. The Morgan fingerprint density at radius 3 is 3.04 bits per heavy atom. The second-order valence-electron chi connectivity index (χ2n) is 5.67. The van der Waals surface area contributed by atoms with Gasteiger partial charge in [0.05, 0.1) is 29.0 Å². The van der Waals surface area contributed by atoms with E-state index < -0.39 is 6.10 Å². The summed E-state index contributed by atoms with van der Waals surface area (Å²) in [5, 5.41) is 14.2. The number of carbonyl (C=O) groups is 1. The third-order valence-electron chi connectivity index (χ3n) is 4.07. The predicted molar refractivity (Wildman–Crippen MR) is 80.8 cm³/mol. The number of nitrogens with zero attached hydrogens (tertiary/aromatic N) is 3. The van der Waals surface area contributed by atoms with E-state index in [4.69, 9.17) is 8.94 Å². The molecule has 23 heavy (non-hydrogen) atoms. The summed E-state index contributed by atoms with van der Waals surface area (Å²) in [5.74, 6) is 0.393. The van der Waals surface area contributed by atoms with Crippen LogP contribution in [0.15, 0.2) is 33.4 Å². The van der Waals surface area contributed by atoms with E-state index in [-0.39, 0.29) is 5.91 Å². The van der Waals surface area contributed by atoms with Crippen molar-refractivity contribution in [1.82, 2.24) is 15.0 Å². The largest absolute Gasteiger partial charge is 0.463 e. The topological polar surface area (TPSA) is 92.6 Å². The summed E-state index contributed by atoms with van der Waals surface area (Å²) < 4.78 is 10.6. The van der Waals surface area contributed by atoms with Gasteiger partial charge in [-0.15, -0.1) is 0 Å². The number of carbonyl (C=O) groups excluding carboxylic acids is 1. The van der Waals surface area contributed by atoms with Crippen molar-refractivity contribution in [3.05, 3.63) is 35.7 Å². The maximum absolute atomic E-state index is 12.9. The molecule has 4 heterocycles. The molecule has 3 aromatic rings. The Bertz CT molecular complexity index is 869. The van der Waals surface area contributed by atoms with Gasteiger partial charge in [-0.05, 0) is 31.5 Å². The maximum Gasteiger partial charge on any atom is 0.259 e. The number of rotatable bonds is 2. The van der Waals surface area contributed by atoms with Crippen LogP contribution in [0.1, 0.15) is 22.5 Å². The van der Waals surface area contributed by atoms with Gasteiger partial charge in [-0.25, -0.2) is 4.98 Å². The van der Waals surface area contributed by atoms with Crippen molar-refractivity contribution in [3.8, 4) is 11.5 Å². The first-order chi connectivity index (χ1) is 11.1. The van der Waals surface area contributed by atoms with E-state index in [0.29, 0.717) is 53.3 Å². The fourth-order valence-electron chi connectivity index (χ4n) is 2.91. The zero-order chi connectivity index (χ0) is 16.0. The fraction of sp³-hybridized carbons (Fsp3) is 0.312. The first-order valence-corrected chi connectivity index (χ1v) is 7.41. The number of likely N-dealkylation sites (tertiary alicyclic amines) is 1. The van der Waals surface area contributed by atoms with Crippen molar-refractivity contribution in [3.63, 3.8) is 0 Å². The van der Waals surface area contributed by atoms with Crippen molar-refractivity contribution in [1.29, 1.82) is 0 Å². The molecule has 0 radical (unpaired) electrons. The van der Waals surface area contributed by atoms with Gasteiger partial charge in [0.15, 0.2) is 5.76 Å². The van der Waals surface area contributed by atoms with E-state index in [1.54, 1.807) is 36.3 Å². The number of aliphatic hydroxyl groups is 1. The normalized spacial score (nSPS) is 18.0. The van der Waals surface area contributed by atoms with Gasteiger partial charge in [-0.2, -0.15) is 0 Å². The minimum Gasteiger partial charge on any atom is -0.463 e. The molecule has 118 valence electrons. The number of aliphatic hydroxyl groups excluding tert-OH is 1. The minimum absolute atomic E-state index is 0.159. The first-order valence-electron chi connectivity index (χ1n) is 7.41. The van der Waals surface area contributed by atoms with Crippen LogP contribution in [0, 0.1) is 6.92 Å². The lowest BCUT2D eigenvalue weighted by Gasteiger charge is -2.16. The summed E-state index contributed by atoms with van der Waals surface area (Å²) in [6.45, 7) is 2.64. The molecule has 1 saturated heterocycles. The molecular formula is C16H15N3O4. The number of fused-ring (bicyclic) bond motifs is 1. The van der Waals surface area contributed by atoms with Crippen LogP contribution < -0.4 is 0 Å². The SMILES string of the molecule is Cc1noc2nc(-c3ccco3)cc(C(=O)N3CC[C@@H](O)C3)c12. The van der Waals surface area contributed by atoms with Crippen molar-refractivity contribution in [2.75, 3.05) is 13.1 Å². The number of amides is 1. The highest BCUT2D eigenvalue weighted by Crippen LogP contribution is 2.28. The molecule has 1 amide bonds. The van der Waals surface area contributed by atoms with Gasteiger partial charge in [0.2, 0.25) is 0 Å². The molecule has 1 aliphatic rings. The molecule has 0 aliphatic carbocycles. The molecule has 4 rings (SSSR count). The van der Waals surface area contributed by atoms with Crippen LogP contribution in [-0.2, 0) is 0 Å². The van der Waals surface area contributed by atoms with Gasteiger partial charge in [0.1, 0.15) is 5.69 Å². The van der Waals surface area contributed by atoms with Gasteiger partial charge in [-0.1, -0.05) is 5.16 Å². The van der Waals surface area contributed by atoms with E-state index in [0.717, 1.165) is 0 Å². The van der Waals surface area contributed by atoms with Crippen LogP contribution in [0.2, 0.25) is 0 Å². The quantitative estimate of drug-likeness (QED) is 0.778. The Hall–Kier alpha value is -2.67. The molecule has 0 saturated carbocycles. The van der Waals surface area contributed by atoms with Crippen LogP contribution in [0.4, 0.5) is 0 Å². The van der Waals surface area contributed by atoms with Crippen LogP contribution in [0.3, 0.4) is 0 Å². The lowest BCUT2D eigenvalue weighted by molar-refractivity contribution is 0.0767. The minimum atomic E-state index is -0.468. The summed E-state index contributed by atoms with van der Waals surface area (Å²) >= 11 is 0. The average molecular weight is 313 g/mol. The summed E-state index contributed by atoms with van der Waals surface area (Å²) in [7, 11) is 0. The number of aromatic nitrogens is 2. The molecule has 3 aromatic heterocycles. The van der Waals surface area contributed by atoms with Gasteiger partial charge in [0.25, 0.3) is 11.6 Å². The molecule has 1 atom stereocenters. The zero-order valence-electron chi connectivity index (χ0n) is 12.5. The molecule has 1 aliphatic heterocycles. The second kappa shape index (κ2) is 5.20. The molecule has 1 fully saturated rings. The number of hydrogen-bond acceptors (Lipinski definition) is 6. The van der Waals surface area contributed by atoms with Crippen LogP contribution in [-0.4, -0.2) is 45.2 Å². The molecule has 0 spiro atoms.